The lowest BCUT2D eigenvalue weighted by Crippen LogP contribution is -2.36. The molecule has 0 amide bonds. The van der Waals surface area contributed by atoms with Crippen LogP contribution in [0.4, 0.5) is 0 Å². The third-order valence-corrected chi connectivity index (χ3v) is 2.25. The number of ether oxygens (including phenoxy) is 1. The lowest BCUT2D eigenvalue weighted by Gasteiger charge is -2.16. The quantitative estimate of drug-likeness (QED) is 0.587. The number of phenols is 1. The summed E-state index contributed by atoms with van der Waals surface area (Å²) in [7, 11) is 0. The van der Waals surface area contributed by atoms with Gasteiger partial charge in [0.1, 0.15) is 12.1 Å². The first kappa shape index (κ1) is 13.3. The van der Waals surface area contributed by atoms with Crippen molar-refractivity contribution in [2.75, 3.05) is 6.61 Å². The highest BCUT2D eigenvalue weighted by Gasteiger charge is 2.24. The number of rotatable bonds is 5. The van der Waals surface area contributed by atoms with Crippen LogP contribution in [0.15, 0.2) is 18.2 Å². The van der Waals surface area contributed by atoms with Gasteiger partial charge in [0.15, 0.2) is 11.5 Å². The molecule has 2 unspecified atom stereocenters. The fourth-order valence-electron chi connectivity index (χ4n) is 1.33. The van der Waals surface area contributed by atoms with Crippen LogP contribution in [0.5, 0.6) is 11.5 Å². The molecular weight excluding hydrogens is 226 g/mol. The summed E-state index contributed by atoms with van der Waals surface area (Å²) in [6.45, 7) is 2.09. The number of carbonyl (C=O) groups is 1. The van der Waals surface area contributed by atoms with E-state index >= 15 is 0 Å². The van der Waals surface area contributed by atoms with Crippen molar-refractivity contribution in [2.24, 2.45) is 5.73 Å². The molecule has 0 aliphatic rings. The molecular formula is C11H15NO5. The number of carboxylic acids is 1. The zero-order valence-corrected chi connectivity index (χ0v) is 9.33. The van der Waals surface area contributed by atoms with Gasteiger partial charge in [-0.15, -0.1) is 0 Å². The molecule has 0 radical (unpaired) electrons. The third-order valence-electron chi connectivity index (χ3n) is 2.25. The molecule has 0 fully saturated rings. The minimum Gasteiger partial charge on any atom is -0.504 e. The van der Waals surface area contributed by atoms with Gasteiger partial charge in [-0.1, -0.05) is 6.07 Å². The van der Waals surface area contributed by atoms with E-state index < -0.39 is 18.1 Å². The molecule has 6 nitrogen and oxygen atoms in total. The molecule has 94 valence electrons. The second-order valence-corrected chi connectivity index (χ2v) is 3.47. The van der Waals surface area contributed by atoms with E-state index in [0.29, 0.717) is 6.61 Å². The average Bonchev–Trinajstić information content (AvgIpc) is 2.30. The second kappa shape index (κ2) is 5.51. The van der Waals surface area contributed by atoms with Gasteiger partial charge in [0, 0.05) is 0 Å². The van der Waals surface area contributed by atoms with Crippen LogP contribution < -0.4 is 10.5 Å². The molecule has 0 bridgehead atoms. The molecule has 6 heteroatoms. The lowest BCUT2D eigenvalue weighted by atomic mass is 10.0. The van der Waals surface area contributed by atoms with E-state index in [2.05, 4.69) is 0 Å². The molecule has 1 aromatic rings. The number of aliphatic hydroxyl groups excluding tert-OH is 1. The minimum atomic E-state index is -1.42. The summed E-state index contributed by atoms with van der Waals surface area (Å²) in [6.07, 6.45) is -1.35. The van der Waals surface area contributed by atoms with Crippen molar-refractivity contribution in [2.45, 2.75) is 19.1 Å². The number of nitrogens with two attached hydrogens (primary N) is 1. The number of hydrogen-bond acceptors (Lipinski definition) is 5. The summed E-state index contributed by atoms with van der Waals surface area (Å²) in [5.74, 6) is -1.20. The molecule has 2 atom stereocenters. The van der Waals surface area contributed by atoms with Crippen LogP contribution in [-0.4, -0.2) is 33.9 Å². The number of hydrogen-bond donors (Lipinski definition) is 4. The molecule has 17 heavy (non-hydrogen) atoms. The maximum Gasteiger partial charge on any atom is 0.323 e. The van der Waals surface area contributed by atoms with Crippen LogP contribution in [0.25, 0.3) is 0 Å². The summed E-state index contributed by atoms with van der Waals surface area (Å²) < 4.78 is 5.12. The molecule has 0 aromatic heterocycles. The molecule has 0 aliphatic carbocycles. The molecule has 1 aromatic carbocycles. The highest BCUT2D eigenvalue weighted by molar-refractivity contribution is 5.74. The number of carboxylic acid groups (broad SMARTS) is 1. The van der Waals surface area contributed by atoms with Crippen LogP contribution >= 0.6 is 0 Å². The largest absolute Gasteiger partial charge is 0.504 e. The highest BCUT2D eigenvalue weighted by Crippen LogP contribution is 2.30. The van der Waals surface area contributed by atoms with Crippen molar-refractivity contribution in [3.8, 4) is 11.5 Å². The Morgan fingerprint density at radius 3 is 2.71 bits per heavy atom. The lowest BCUT2D eigenvalue weighted by molar-refractivity contribution is -0.141. The standard InChI is InChI=1S/C11H15NO5/c1-2-17-8-5-6(3-4-7(8)13)10(14)9(12)11(15)16/h3-5,9-10,13-14H,2,12H2,1H3,(H,15,16). The van der Waals surface area contributed by atoms with Gasteiger partial charge in [-0.25, -0.2) is 0 Å². The Hall–Kier alpha value is -1.79. The molecule has 0 saturated carbocycles. The van der Waals surface area contributed by atoms with Crippen molar-refractivity contribution in [1.82, 2.24) is 0 Å². The second-order valence-electron chi connectivity index (χ2n) is 3.47. The van der Waals surface area contributed by atoms with Gasteiger partial charge in [0.2, 0.25) is 0 Å². The van der Waals surface area contributed by atoms with Crippen molar-refractivity contribution in [3.63, 3.8) is 0 Å². The average molecular weight is 241 g/mol. The van der Waals surface area contributed by atoms with Crippen molar-refractivity contribution in [1.29, 1.82) is 0 Å². The predicted molar refractivity (Wildman–Crippen MR) is 59.8 cm³/mol. The normalized spacial score (nSPS) is 14.1. The van der Waals surface area contributed by atoms with E-state index in [4.69, 9.17) is 15.6 Å². The Balaban J connectivity index is 2.98. The van der Waals surface area contributed by atoms with E-state index in [1.165, 1.54) is 18.2 Å². The summed E-state index contributed by atoms with van der Waals surface area (Å²) in [5.41, 5.74) is 5.58. The zero-order valence-electron chi connectivity index (χ0n) is 9.33. The monoisotopic (exact) mass is 241 g/mol. The van der Waals surface area contributed by atoms with Crippen molar-refractivity contribution in [3.05, 3.63) is 23.8 Å². The molecule has 0 spiro atoms. The van der Waals surface area contributed by atoms with Crippen molar-refractivity contribution < 1.29 is 24.9 Å². The predicted octanol–water partition coefficient (Wildman–Crippen LogP) is 0.236. The smallest absolute Gasteiger partial charge is 0.323 e. The van der Waals surface area contributed by atoms with E-state index in [0.717, 1.165) is 0 Å². The summed E-state index contributed by atoms with van der Waals surface area (Å²) in [4.78, 5) is 10.6. The minimum absolute atomic E-state index is 0.0771. The van der Waals surface area contributed by atoms with Crippen LogP contribution in [0.3, 0.4) is 0 Å². The molecule has 0 aliphatic heterocycles. The van der Waals surface area contributed by atoms with Gasteiger partial charge in [-0.3, -0.25) is 4.79 Å². The Bertz CT molecular complexity index is 407. The van der Waals surface area contributed by atoms with Crippen molar-refractivity contribution >= 4 is 5.97 Å². The van der Waals surface area contributed by atoms with E-state index in [9.17, 15) is 15.0 Å². The SMILES string of the molecule is CCOc1cc(C(O)C(N)C(=O)O)ccc1O. The van der Waals surface area contributed by atoms with Gasteiger partial charge in [0.25, 0.3) is 0 Å². The fourth-order valence-corrected chi connectivity index (χ4v) is 1.33. The Morgan fingerprint density at radius 2 is 2.18 bits per heavy atom. The van der Waals surface area contributed by atoms with Gasteiger partial charge in [-0.05, 0) is 24.6 Å². The molecule has 5 N–H and O–H groups in total. The first-order valence-corrected chi connectivity index (χ1v) is 5.09. The van der Waals surface area contributed by atoms with E-state index in [-0.39, 0.29) is 17.1 Å². The topological polar surface area (TPSA) is 113 Å². The summed E-state index contributed by atoms with van der Waals surface area (Å²) >= 11 is 0. The van der Waals surface area contributed by atoms with Gasteiger partial charge in [0.05, 0.1) is 6.61 Å². The van der Waals surface area contributed by atoms with Crippen LogP contribution in [-0.2, 0) is 4.79 Å². The van der Waals surface area contributed by atoms with Crippen LogP contribution in [0.2, 0.25) is 0 Å². The van der Waals surface area contributed by atoms with Gasteiger partial charge < -0.3 is 25.8 Å². The first-order valence-electron chi connectivity index (χ1n) is 5.09. The van der Waals surface area contributed by atoms with Crippen LogP contribution in [0.1, 0.15) is 18.6 Å². The first-order chi connectivity index (χ1) is 7.97. The fraction of sp³-hybridized carbons (Fsp3) is 0.364. The number of aliphatic carboxylic acids is 1. The number of phenolic OH excluding ortho intramolecular Hbond substituents is 1. The van der Waals surface area contributed by atoms with Crippen LogP contribution in [0, 0.1) is 0 Å². The maximum atomic E-state index is 10.6. The maximum absolute atomic E-state index is 10.6. The summed E-state index contributed by atoms with van der Waals surface area (Å²) in [6, 6.07) is 2.66. The molecule has 0 saturated heterocycles. The number of benzene rings is 1. The zero-order chi connectivity index (χ0) is 13.0. The molecule has 1 rings (SSSR count). The van der Waals surface area contributed by atoms with Gasteiger partial charge >= 0.3 is 5.97 Å². The summed E-state index contributed by atoms with van der Waals surface area (Å²) in [5, 5.41) is 27.8. The molecule has 0 heterocycles. The number of aromatic hydroxyl groups is 1. The Kier molecular flexibility index (Phi) is 4.30. The van der Waals surface area contributed by atoms with E-state index in [1.54, 1.807) is 6.92 Å². The Labute approximate surface area is 98.3 Å². The Morgan fingerprint density at radius 1 is 1.53 bits per heavy atom. The van der Waals surface area contributed by atoms with E-state index in [1.807, 2.05) is 0 Å². The highest BCUT2D eigenvalue weighted by atomic mass is 16.5. The third kappa shape index (κ3) is 3.08. The van der Waals surface area contributed by atoms with Gasteiger partial charge in [-0.2, -0.15) is 0 Å². The number of aliphatic hydroxyl groups is 1.